The van der Waals surface area contributed by atoms with Crippen molar-refractivity contribution in [3.8, 4) is 39.1 Å². The van der Waals surface area contributed by atoms with E-state index in [0.717, 1.165) is 55.8 Å². The summed E-state index contributed by atoms with van der Waals surface area (Å²) in [5.41, 5.74) is 17.9. The molecule has 2 heterocycles. The second kappa shape index (κ2) is 14.1. The van der Waals surface area contributed by atoms with Crippen LogP contribution in [0.3, 0.4) is 0 Å². The fourth-order valence-corrected chi connectivity index (χ4v) is 9.00. The van der Waals surface area contributed by atoms with Gasteiger partial charge < -0.3 is 13.9 Å². The maximum absolute atomic E-state index is 6.80. The summed E-state index contributed by atoms with van der Waals surface area (Å²) in [4.78, 5) is 2.42. The highest BCUT2D eigenvalue weighted by Gasteiger charge is 2.22. The molecule has 0 unspecified atom stereocenters. The van der Waals surface area contributed by atoms with E-state index >= 15 is 0 Å². The van der Waals surface area contributed by atoms with Crippen LogP contribution >= 0.6 is 0 Å². The summed E-state index contributed by atoms with van der Waals surface area (Å²) < 4.78 is 9.19. The van der Waals surface area contributed by atoms with Gasteiger partial charge in [-0.1, -0.05) is 140 Å². The van der Waals surface area contributed by atoms with Gasteiger partial charge in [-0.2, -0.15) is 0 Å². The quantitative estimate of drug-likeness (QED) is 0.161. The highest BCUT2D eigenvalue weighted by Crippen LogP contribution is 2.46. The molecular weight excluding hydrogens is 717 g/mol. The highest BCUT2D eigenvalue weighted by atomic mass is 16.3. The number of rotatable bonds is 7. The molecule has 0 aliphatic rings. The Kier molecular flexibility index (Phi) is 8.27. The van der Waals surface area contributed by atoms with Crippen LogP contribution in [0.15, 0.2) is 211 Å². The molecular formula is C56H40N2O. The maximum Gasteiger partial charge on any atom is 0.143 e. The molecule has 0 saturated carbocycles. The number of furan rings is 1. The number of hydrogen-bond acceptors (Lipinski definition) is 2. The Bertz CT molecular complexity index is 3280. The van der Waals surface area contributed by atoms with Crippen molar-refractivity contribution in [2.24, 2.45) is 0 Å². The van der Waals surface area contributed by atoms with Crippen LogP contribution in [0.1, 0.15) is 11.1 Å². The molecule has 280 valence electrons. The molecule has 0 fully saturated rings. The van der Waals surface area contributed by atoms with Gasteiger partial charge in [0, 0.05) is 49.9 Å². The third-order valence-electron chi connectivity index (χ3n) is 11.8. The first kappa shape index (κ1) is 34.6. The van der Waals surface area contributed by atoms with E-state index < -0.39 is 0 Å². The smallest absolute Gasteiger partial charge is 0.143 e. The summed E-state index contributed by atoms with van der Waals surface area (Å²) in [5, 5.41) is 4.66. The van der Waals surface area contributed by atoms with Crippen LogP contribution in [0.2, 0.25) is 0 Å². The minimum atomic E-state index is 0.873. The van der Waals surface area contributed by atoms with Gasteiger partial charge in [0.2, 0.25) is 0 Å². The second-order valence-electron chi connectivity index (χ2n) is 15.5. The first-order valence-corrected chi connectivity index (χ1v) is 20.3. The average Bonchev–Trinajstić information content (AvgIpc) is 3.84. The molecule has 0 N–H and O–H groups in total. The van der Waals surface area contributed by atoms with Crippen LogP contribution in [0.5, 0.6) is 0 Å². The SMILES string of the molecule is Cc1cc(N(c2ccc(-c3ccccc3)cc2)c2cc(-c3cccc(-n4c5ccccc5c5ccccc54)c3)c3oc4ccccc4c3c2)c(C)cc1-c1ccccc1. The van der Waals surface area contributed by atoms with E-state index in [4.69, 9.17) is 4.42 Å². The van der Waals surface area contributed by atoms with Gasteiger partial charge in [-0.25, -0.2) is 0 Å². The van der Waals surface area contributed by atoms with Gasteiger partial charge in [-0.05, 0) is 120 Å². The van der Waals surface area contributed by atoms with Crippen molar-refractivity contribution in [1.29, 1.82) is 0 Å². The molecule has 2 aromatic heterocycles. The number of anilines is 3. The summed E-state index contributed by atoms with van der Waals surface area (Å²) in [5.74, 6) is 0. The summed E-state index contributed by atoms with van der Waals surface area (Å²) in [6, 6.07) is 74.3. The third kappa shape index (κ3) is 5.90. The van der Waals surface area contributed by atoms with Gasteiger partial charge in [0.15, 0.2) is 0 Å². The van der Waals surface area contributed by atoms with E-state index in [9.17, 15) is 0 Å². The van der Waals surface area contributed by atoms with Crippen LogP contribution in [0, 0.1) is 13.8 Å². The predicted molar refractivity (Wildman–Crippen MR) is 249 cm³/mol. The van der Waals surface area contributed by atoms with Gasteiger partial charge in [0.25, 0.3) is 0 Å². The van der Waals surface area contributed by atoms with Crippen LogP contribution < -0.4 is 4.90 Å². The van der Waals surface area contributed by atoms with E-state index in [1.54, 1.807) is 0 Å². The van der Waals surface area contributed by atoms with Crippen molar-refractivity contribution in [2.75, 3.05) is 4.90 Å². The Morgan fingerprint density at radius 1 is 0.390 bits per heavy atom. The highest BCUT2D eigenvalue weighted by molar-refractivity contribution is 6.12. The molecule has 0 bridgehead atoms. The lowest BCUT2D eigenvalue weighted by Gasteiger charge is -2.29. The standard InChI is InChI=1S/C56H40N2O/c1-37-33-54(38(2)32-49(37)41-18-7-4-8-19-41)57(43-30-28-40(29-31-43)39-16-5-3-6-17-39)45-35-50(56-51(36-45)48-24-11-14-27-55(48)59-56)42-20-15-21-44(34-42)58-52-25-12-9-22-46(52)47-23-10-13-26-53(47)58/h3-36H,1-2H3. The number of hydrogen-bond donors (Lipinski definition) is 0. The number of fused-ring (bicyclic) bond motifs is 6. The molecule has 0 aliphatic heterocycles. The number of nitrogens with zero attached hydrogens (tertiary/aromatic N) is 2. The van der Waals surface area contributed by atoms with E-state index in [1.807, 2.05) is 0 Å². The molecule has 3 nitrogen and oxygen atoms in total. The van der Waals surface area contributed by atoms with E-state index in [0.29, 0.717) is 0 Å². The van der Waals surface area contributed by atoms with Gasteiger partial charge >= 0.3 is 0 Å². The Morgan fingerprint density at radius 3 is 1.69 bits per heavy atom. The molecule has 11 aromatic rings. The van der Waals surface area contributed by atoms with Crippen molar-refractivity contribution in [2.45, 2.75) is 13.8 Å². The zero-order chi connectivity index (χ0) is 39.5. The lowest BCUT2D eigenvalue weighted by Crippen LogP contribution is -2.12. The molecule has 59 heavy (non-hydrogen) atoms. The maximum atomic E-state index is 6.80. The summed E-state index contributed by atoms with van der Waals surface area (Å²) in [7, 11) is 0. The van der Waals surface area contributed by atoms with Crippen LogP contribution in [-0.4, -0.2) is 4.57 Å². The van der Waals surface area contributed by atoms with Crippen molar-refractivity contribution in [3.05, 3.63) is 217 Å². The molecule has 11 rings (SSSR count). The second-order valence-corrected chi connectivity index (χ2v) is 15.5. The fraction of sp³-hybridized carbons (Fsp3) is 0.0357. The van der Waals surface area contributed by atoms with Gasteiger partial charge in [0.1, 0.15) is 11.2 Å². The van der Waals surface area contributed by atoms with Crippen molar-refractivity contribution >= 4 is 60.8 Å². The Hall–Kier alpha value is -7.62. The monoisotopic (exact) mass is 756 g/mol. The van der Waals surface area contributed by atoms with Crippen molar-refractivity contribution in [1.82, 2.24) is 4.57 Å². The number of benzene rings is 9. The molecule has 0 atom stereocenters. The summed E-state index contributed by atoms with van der Waals surface area (Å²) >= 11 is 0. The van der Waals surface area contributed by atoms with E-state index in [2.05, 4.69) is 230 Å². The summed E-state index contributed by atoms with van der Waals surface area (Å²) in [6.45, 7) is 4.45. The zero-order valence-electron chi connectivity index (χ0n) is 32.9. The topological polar surface area (TPSA) is 21.3 Å². The van der Waals surface area contributed by atoms with Gasteiger partial charge in [-0.3, -0.25) is 0 Å². The molecule has 0 saturated heterocycles. The third-order valence-corrected chi connectivity index (χ3v) is 11.8. The lowest BCUT2D eigenvalue weighted by molar-refractivity contribution is 0.670. The minimum absolute atomic E-state index is 0.873. The largest absolute Gasteiger partial charge is 0.455 e. The van der Waals surface area contributed by atoms with Gasteiger partial charge in [-0.15, -0.1) is 0 Å². The summed E-state index contributed by atoms with van der Waals surface area (Å²) in [6.07, 6.45) is 0. The predicted octanol–water partition coefficient (Wildman–Crippen LogP) is 15.8. The minimum Gasteiger partial charge on any atom is -0.455 e. The average molecular weight is 757 g/mol. The molecule has 3 heteroatoms. The fourth-order valence-electron chi connectivity index (χ4n) is 9.00. The normalized spacial score (nSPS) is 11.6. The van der Waals surface area contributed by atoms with Gasteiger partial charge in [0.05, 0.1) is 11.0 Å². The molecule has 0 spiro atoms. The molecule has 0 radical (unpaired) electrons. The molecule has 9 aromatic carbocycles. The van der Waals surface area contributed by atoms with Crippen LogP contribution in [-0.2, 0) is 0 Å². The van der Waals surface area contributed by atoms with E-state index in [-0.39, 0.29) is 0 Å². The van der Waals surface area contributed by atoms with Crippen molar-refractivity contribution < 1.29 is 4.42 Å². The van der Waals surface area contributed by atoms with Crippen molar-refractivity contribution in [3.63, 3.8) is 0 Å². The Labute approximate surface area is 343 Å². The molecule has 0 aliphatic carbocycles. The van der Waals surface area contributed by atoms with E-state index in [1.165, 1.54) is 55.2 Å². The number of aromatic nitrogens is 1. The van der Waals surface area contributed by atoms with Crippen LogP contribution in [0.25, 0.3) is 82.8 Å². The zero-order valence-corrected chi connectivity index (χ0v) is 32.9. The Balaban J connectivity index is 1.15. The first-order chi connectivity index (χ1) is 29.1. The Morgan fingerprint density at radius 2 is 0.983 bits per heavy atom. The molecule has 0 amide bonds. The lowest BCUT2D eigenvalue weighted by atomic mass is 9.95. The number of aryl methyl sites for hydroxylation is 2. The first-order valence-electron chi connectivity index (χ1n) is 20.3. The number of para-hydroxylation sites is 3. The van der Waals surface area contributed by atoms with Crippen LogP contribution in [0.4, 0.5) is 17.1 Å².